The van der Waals surface area contributed by atoms with E-state index in [1.54, 1.807) is 11.9 Å². The van der Waals surface area contributed by atoms with Crippen LogP contribution < -0.4 is 5.32 Å². The molecule has 1 aromatic rings. The average Bonchev–Trinajstić information content (AvgIpc) is 2.81. The van der Waals surface area contributed by atoms with E-state index in [9.17, 15) is 14.4 Å². The first kappa shape index (κ1) is 17.5. The Labute approximate surface area is 148 Å². The number of amides is 4. The van der Waals surface area contributed by atoms with Crippen molar-refractivity contribution < 1.29 is 14.4 Å². The second kappa shape index (κ2) is 6.86. The number of urea groups is 1. The van der Waals surface area contributed by atoms with Crippen molar-refractivity contribution in [2.75, 3.05) is 13.6 Å². The normalized spacial score (nSPS) is 19.2. The summed E-state index contributed by atoms with van der Waals surface area (Å²) in [7, 11) is 1.69. The van der Waals surface area contributed by atoms with E-state index in [0.29, 0.717) is 19.4 Å². The fourth-order valence-corrected chi connectivity index (χ4v) is 3.63. The molecule has 1 N–H and O–H groups in total. The summed E-state index contributed by atoms with van der Waals surface area (Å²) >= 11 is 0. The van der Waals surface area contributed by atoms with E-state index < -0.39 is 11.6 Å². The third-order valence-electron chi connectivity index (χ3n) is 5.21. The monoisotopic (exact) mass is 343 g/mol. The van der Waals surface area contributed by atoms with Gasteiger partial charge in [-0.25, -0.2) is 4.79 Å². The maximum absolute atomic E-state index is 12.7. The number of carbonyl (C=O) groups is 3. The summed E-state index contributed by atoms with van der Waals surface area (Å²) in [4.78, 5) is 40.1. The Morgan fingerprint density at radius 1 is 1.16 bits per heavy atom. The average molecular weight is 343 g/mol. The highest BCUT2D eigenvalue weighted by molar-refractivity contribution is 6.09. The van der Waals surface area contributed by atoms with Crippen LogP contribution in [0.25, 0.3) is 0 Å². The van der Waals surface area contributed by atoms with Crippen LogP contribution in [0.15, 0.2) is 24.3 Å². The third-order valence-corrected chi connectivity index (χ3v) is 5.21. The predicted octanol–water partition coefficient (Wildman–Crippen LogP) is 2.21. The molecule has 6 nitrogen and oxygen atoms in total. The summed E-state index contributed by atoms with van der Waals surface area (Å²) in [6, 6.07) is 7.51. The van der Waals surface area contributed by atoms with Gasteiger partial charge >= 0.3 is 6.03 Å². The highest BCUT2D eigenvalue weighted by atomic mass is 16.2. The lowest BCUT2D eigenvalue weighted by Crippen LogP contribution is -2.49. The van der Waals surface area contributed by atoms with Gasteiger partial charge in [-0.3, -0.25) is 14.5 Å². The Hall–Kier alpha value is -2.37. The Balaban J connectivity index is 1.62. The van der Waals surface area contributed by atoms with Gasteiger partial charge in [0, 0.05) is 13.6 Å². The first-order chi connectivity index (χ1) is 11.9. The molecule has 1 aliphatic heterocycles. The molecule has 0 atom stereocenters. The van der Waals surface area contributed by atoms with Crippen LogP contribution in [-0.2, 0) is 16.1 Å². The van der Waals surface area contributed by atoms with Crippen molar-refractivity contribution in [3.8, 4) is 0 Å². The molecule has 25 heavy (non-hydrogen) atoms. The molecule has 1 aromatic carbocycles. The molecule has 0 unspecified atom stereocenters. The molecule has 2 fully saturated rings. The van der Waals surface area contributed by atoms with E-state index in [1.807, 2.05) is 31.2 Å². The topological polar surface area (TPSA) is 69.7 Å². The molecule has 0 radical (unpaired) electrons. The van der Waals surface area contributed by atoms with Crippen molar-refractivity contribution in [1.82, 2.24) is 15.1 Å². The number of hydrogen-bond acceptors (Lipinski definition) is 3. The van der Waals surface area contributed by atoms with Crippen LogP contribution in [0.5, 0.6) is 0 Å². The first-order valence-corrected chi connectivity index (χ1v) is 8.85. The minimum Gasteiger partial charge on any atom is -0.340 e. The second-order valence-corrected chi connectivity index (χ2v) is 7.20. The smallest absolute Gasteiger partial charge is 0.325 e. The molecule has 6 heteroatoms. The van der Waals surface area contributed by atoms with E-state index in [0.717, 1.165) is 35.3 Å². The van der Waals surface area contributed by atoms with Gasteiger partial charge in [0.25, 0.3) is 5.91 Å². The molecule has 3 rings (SSSR count). The molecule has 2 aliphatic rings. The van der Waals surface area contributed by atoms with Gasteiger partial charge < -0.3 is 10.2 Å². The molecule has 1 spiro atoms. The fourth-order valence-electron chi connectivity index (χ4n) is 3.63. The van der Waals surface area contributed by atoms with Crippen LogP contribution >= 0.6 is 0 Å². The molecular formula is C19H25N3O3. The zero-order chi connectivity index (χ0) is 18.0. The maximum atomic E-state index is 12.7. The summed E-state index contributed by atoms with van der Waals surface area (Å²) in [6.45, 7) is 2.26. The lowest BCUT2D eigenvalue weighted by atomic mass is 9.82. The number of benzene rings is 1. The van der Waals surface area contributed by atoms with Crippen molar-refractivity contribution in [3.05, 3.63) is 35.4 Å². The van der Waals surface area contributed by atoms with E-state index in [-0.39, 0.29) is 18.4 Å². The molecule has 0 aromatic heterocycles. The number of nitrogens with zero attached hydrogens (tertiary/aromatic N) is 2. The first-order valence-electron chi connectivity index (χ1n) is 8.85. The quantitative estimate of drug-likeness (QED) is 0.852. The summed E-state index contributed by atoms with van der Waals surface area (Å²) in [5, 5.41) is 2.84. The highest BCUT2D eigenvalue weighted by Crippen LogP contribution is 2.33. The maximum Gasteiger partial charge on any atom is 0.325 e. The van der Waals surface area contributed by atoms with Crippen molar-refractivity contribution >= 4 is 17.8 Å². The molecule has 0 bridgehead atoms. The zero-order valence-electron chi connectivity index (χ0n) is 14.9. The van der Waals surface area contributed by atoms with Crippen molar-refractivity contribution in [2.45, 2.75) is 51.1 Å². The number of hydrogen-bond donors (Lipinski definition) is 1. The summed E-state index contributed by atoms with van der Waals surface area (Å²) in [5.74, 6) is -0.480. The lowest BCUT2D eigenvalue weighted by Gasteiger charge is -2.30. The lowest BCUT2D eigenvalue weighted by molar-refractivity contribution is -0.139. The molecule has 1 saturated carbocycles. The molecule has 1 saturated heterocycles. The van der Waals surface area contributed by atoms with E-state index in [2.05, 4.69) is 5.32 Å². The summed E-state index contributed by atoms with van der Waals surface area (Å²) in [5.41, 5.74) is 1.41. The predicted molar refractivity (Wildman–Crippen MR) is 93.7 cm³/mol. The van der Waals surface area contributed by atoms with Crippen molar-refractivity contribution in [1.29, 1.82) is 0 Å². The van der Waals surface area contributed by atoms with Gasteiger partial charge in [0.2, 0.25) is 5.91 Å². The highest BCUT2D eigenvalue weighted by Gasteiger charge is 2.51. The fraction of sp³-hybridized carbons (Fsp3) is 0.526. The SMILES string of the molecule is Cc1ccc(CN(C)C(=O)CN2C(=O)NC3(CCCCC3)C2=O)cc1. The Morgan fingerprint density at radius 3 is 2.44 bits per heavy atom. The van der Waals surface area contributed by atoms with Gasteiger partial charge in [-0.2, -0.15) is 0 Å². The third kappa shape index (κ3) is 3.52. The molecular weight excluding hydrogens is 318 g/mol. The van der Waals surface area contributed by atoms with Crippen molar-refractivity contribution in [2.24, 2.45) is 0 Å². The molecule has 134 valence electrons. The summed E-state index contributed by atoms with van der Waals surface area (Å²) in [6.07, 6.45) is 4.29. The van der Waals surface area contributed by atoms with Crippen LogP contribution in [0.1, 0.15) is 43.2 Å². The van der Waals surface area contributed by atoms with Gasteiger partial charge in [0.05, 0.1) is 0 Å². The second-order valence-electron chi connectivity index (χ2n) is 7.20. The molecule has 1 heterocycles. The van der Waals surface area contributed by atoms with Gasteiger partial charge in [-0.15, -0.1) is 0 Å². The van der Waals surface area contributed by atoms with Gasteiger partial charge in [-0.1, -0.05) is 49.1 Å². The van der Waals surface area contributed by atoms with E-state index in [4.69, 9.17) is 0 Å². The van der Waals surface area contributed by atoms with Crippen molar-refractivity contribution in [3.63, 3.8) is 0 Å². The number of nitrogens with one attached hydrogen (secondary N) is 1. The van der Waals surface area contributed by atoms with E-state index >= 15 is 0 Å². The zero-order valence-corrected chi connectivity index (χ0v) is 14.9. The Bertz CT molecular complexity index is 678. The Morgan fingerprint density at radius 2 is 1.80 bits per heavy atom. The number of likely N-dealkylation sites (N-methyl/N-ethyl adjacent to an activating group) is 1. The van der Waals surface area contributed by atoms with Crippen LogP contribution in [-0.4, -0.2) is 46.8 Å². The number of imide groups is 1. The Kier molecular flexibility index (Phi) is 4.79. The number of rotatable bonds is 4. The minimum atomic E-state index is -0.773. The van der Waals surface area contributed by atoms with Gasteiger partial charge in [0.15, 0.2) is 0 Å². The molecule has 4 amide bonds. The minimum absolute atomic E-state index is 0.200. The van der Waals surface area contributed by atoms with Crippen LogP contribution in [0.4, 0.5) is 4.79 Å². The van der Waals surface area contributed by atoms with Crippen LogP contribution in [0.2, 0.25) is 0 Å². The standard InChI is InChI=1S/C19H25N3O3/c1-14-6-8-15(9-7-14)12-21(2)16(23)13-22-17(24)19(20-18(22)25)10-4-3-5-11-19/h6-9H,3-5,10-13H2,1-2H3,(H,20,25). The largest absolute Gasteiger partial charge is 0.340 e. The number of aryl methyl sites for hydroxylation is 1. The van der Waals surface area contributed by atoms with Crippen LogP contribution in [0.3, 0.4) is 0 Å². The van der Waals surface area contributed by atoms with Crippen LogP contribution in [0, 0.1) is 6.92 Å². The summed E-state index contributed by atoms with van der Waals surface area (Å²) < 4.78 is 0. The number of carbonyl (C=O) groups excluding carboxylic acids is 3. The van der Waals surface area contributed by atoms with E-state index in [1.165, 1.54) is 0 Å². The van der Waals surface area contributed by atoms with Gasteiger partial charge in [-0.05, 0) is 25.3 Å². The molecule has 1 aliphatic carbocycles. The van der Waals surface area contributed by atoms with Gasteiger partial charge in [0.1, 0.15) is 12.1 Å².